The van der Waals surface area contributed by atoms with Crippen LogP contribution in [0.4, 0.5) is 0 Å². The standard InChI is InChI=1S/C27H36N2O4S/c1-4-26(30)28(16-22-6-5-14-32-22)17-27(31)29-13-11-25-23(12-15-34-25)24(29)18-33-21-9-7-20(8-10-21)19(2)3/h7-10,12,15,19,22,24H,4-6,11,13-14,16-18H2,1-3H3/t22-,24-/m1/s1. The second-order valence-electron chi connectivity index (χ2n) is 9.45. The average molecular weight is 485 g/mol. The molecule has 1 saturated heterocycles. The fraction of sp³-hybridized carbons (Fsp3) is 0.556. The lowest BCUT2D eigenvalue weighted by atomic mass is 10.00. The van der Waals surface area contributed by atoms with Crippen LogP contribution in [-0.2, 0) is 20.7 Å². The van der Waals surface area contributed by atoms with E-state index in [-0.39, 0.29) is 30.5 Å². The molecule has 4 rings (SSSR count). The Kier molecular flexibility index (Phi) is 8.27. The summed E-state index contributed by atoms with van der Waals surface area (Å²) in [5.41, 5.74) is 2.43. The van der Waals surface area contributed by atoms with Crippen LogP contribution in [0.2, 0.25) is 0 Å². The van der Waals surface area contributed by atoms with Crippen molar-refractivity contribution in [3.63, 3.8) is 0 Å². The molecule has 0 saturated carbocycles. The molecule has 0 radical (unpaired) electrons. The van der Waals surface area contributed by atoms with Gasteiger partial charge in [-0.2, -0.15) is 0 Å². The molecule has 0 unspecified atom stereocenters. The van der Waals surface area contributed by atoms with Gasteiger partial charge < -0.3 is 19.3 Å². The number of hydrogen-bond acceptors (Lipinski definition) is 5. The van der Waals surface area contributed by atoms with E-state index in [1.165, 1.54) is 10.4 Å². The molecular weight excluding hydrogens is 448 g/mol. The van der Waals surface area contributed by atoms with Crippen LogP contribution in [-0.4, -0.2) is 60.6 Å². The summed E-state index contributed by atoms with van der Waals surface area (Å²) < 4.78 is 11.9. The number of amides is 2. The third kappa shape index (κ3) is 5.81. The van der Waals surface area contributed by atoms with Gasteiger partial charge >= 0.3 is 0 Å². The summed E-state index contributed by atoms with van der Waals surface area (Å²) in [7, 11) is 0. The van der Waals surface area contributed by atoms with Gasteiger partial charge in [0.2, 0.25) is 11.8 Å². The van der Waals surface area contributed by atoms with E-state index in [0.717, 1.165) is 37.2 Å². The summed E-state index contributed by atoms with van der Waals surface area (Å²) in [6, 6.07) is 10.1. The number of nitrogens with zero attached hydrogens (tertiary/aromatic N) is 2. The summed E-state index contributed by atoms with van der Waals surface area (Å²) >= 11 is 1.74. The highest BCUT2D eigenvalue weighted by Crippen LogP contribution is 2.34. The highest BCUT2D eigenvalue weighted by molar-refractivity contribution is 7.10. The van der Waals surface area contributed by atoms with Gasteiger partial charge in [0, 0.05) is 31.0 Å². The normalized spacial score (nSPS) is 19.8. The van der Waals surface area contributed by atoms with E-state index in [4.69, 9.17) is 9.47 Å². The first-order valence-electron chi connectivity index (χ1n) is 12.4. The first-order valence-corrected chi connectivity index (χ1v) is 13.3. The van der Waals surface area contributed by atoms with E-state index in [0.29, 0.717) is 32.0 Å². The van der Waals surface area contributed by atoms with Crippen LogP contribution in [0.15, 0.2) is 35.7 Å². The monoisotopic (exact) mass is 484 g/mol. The van der Waals surface area contributed by atoms with Gasteiger partial charge in [-0.25, -0.2) is 0 Å². The topological polar surface area (TPSA) is 59.1 Å². The van der Waals surface area contributed by atoms with Crippen molar-refractivity contribution >= 4 is 23.2 Å². The summed E-state index contributed by atoms with van der Waals surface area (Å²) in [5.74, 6) is 1.24. The van der Waals surface area contributed by atoms with Gasteiger partial charge in [0.05, 0.1) is 18.7 Å². The molecule has 1 aromatic heterocycles. The van der Waals surface area contributed by atoms with Gasteiger partial charge in [0.1, 0.15) is 12.4 Å². The third-order valence-electron chi connectivity index (χ3n) is 6.80. The van der Waals surface area contributed by atoms with E-state index >= 15 is 0 Å². The van der Waals surface area contributed by atoms with E-state index in [1.807, 2.05) is 24.0 Å². The minimum absolute atomic E-state index is 0.00451. The van der Waals surface area contributed by atoms with Crippen molar-refractivity contribution in [3.05, 3.63) is 51.7 Å². The SMILES string of the molecule is CCC(=O)N(CC(=O)N1CCc2sccc2[C@H]1COc1ccc(C(C)C)cc1)C[C@H]1CCCO1. The van der Waals surface area contributed by atoms with E-state index in [9.17, 15) is 9.59 Å². The van der Waals surface area contributed by atoms with Crippen LogP contribution in [0.5, 0.6) is 5.75 Å². The molecule has 2 aliphatic rings. The Hall–Kier alpha value is -2.38. The molecule has 2 amide bonds. The van der Waals surface area contributed by atoms with Gasteiger partial charge in [-0.3, -0.25) is 9.59 Å². The maximum absolute atomic E-state index is 13.5. The van der Waals surface area contributed by atoms with Gasteiger partial charge in [-0.05, 0) is 59.9 Å². The molecule has 34 heavy (non-hydrogen) atoms. The molecule has 2 atom stereocenters. The Morgan fingerprint density at radius 3 is 2.71 bits per heavy atom. The first kappa shape index (κ1) is 24.7. The molecule has 0 aliphatic carbocycles. The molecular formula is C27H36N2O4S. The fourth-order valence-electron chi connectivity index (χ4n) is 4.77. The van der Waals surface area contributed by atoms with Crippen molar-refractivity contribution in [2.45, 2.75) is 64.5 Å². The number of thiophene rings is 1. The van der Waals surface area contributed by atoms with E-state index < -0.39 is 0 Å². The van der Waals surface area contributed by atoms with Crippen LogP contribution < -0.4 is 4.74 Å². The zero-order valence-electron chi connectivity index (χ0n) is 20.5. The van der Waals surface area contributed by atoms with Crippen molar-refractivity contribution in [1.82, 2.24) is 9.80 Å². The van der Waals surface area contributed by atoms with Gasteiger partial charge in [-0.1, -0.05) is 32.9 Å². The lowest BCUT2D eigenvalue weighted by molar-refractivity contribution is -0.143. The minimum Gasteiger partial charge on any atom is -0.491 e. The summed E-state index contributed by atoms with van der Waals surface area (Å²) in [4.78, 5) is 31.0. The Morgan fingerprint density at radius 1 is 1.24 bits per heavy atom. The molecule has 3 heterocycles. The van der Waals surface area contributed by atoms with Crippen molar-refractivity contribution in [3.8, 4) is 5.75 Å². The van der Waals surface area contributed by atoms with Crippen LogP contribution >= 0.6 is 11.3 Å². The zero-order chi connectivity index (χ0) is 24.1. The van der Waals surface area contributed by atoms with Crippen molar-refractivity contribution in [2.24, 2.45) is 0 Å². The average Bonchev–Trinajstić information content (AvgIpc) is 3.53. The Bertz CT molecular complexity index is 965. The van der Waals surface area contributed by atoms with Crippen LogP contribution in [0.3, 0.4) is 0 Å². The van der Waals surface area contributed by atoms with Crippen LogP contribution in [0.1, 0.15) is 68.0 Å². The molecule has 2 aromatic rings. The second-order valence-corrected chi connectivity index (χ2v) is 10.5. The molecule has 0 N–H and O–H groups in total. The fourth-order valence-corrected chi connectivity index (χ4v) is 5.69. The van der Waals surface area contributed by atoms with Crippen molar-refractivity contribution in [1.29, 1.82) is 0 Å². The maximum atomic E-state index is 13.5. The molecule has 1 aromatic carbocycles. The predicted octanol–water partition coefficient (Wildman–Crippen LogP) is 4.79. The number of carbonyl (C=O) groups excluding carboxylic acids is 2. The zero-order valence-corrected chi connectivity index (χ0v) is 21.3. The number of carbonyl (C=O) groups is 2. The van der Waals surface area contributed by atoms with Crippen molar-refractivity contribution < 1.29 is 19.1 Å². The summed E-state index contributed by atoms with van der Waals surface area (Å²) in [5, 5.41) is 2.09. The number of rotatable bonds is 9. The van der Waals surface area contributed by atoms with Crippen LogP contribution in [0.25, 0.3) is 0 Å². The van der Waals surface area contributed by atoms with Crippen LogP contribution in [0, 0.1) is 0 Å². The highest BCUT2D eigenvalue weighted by Gasteiger charge is 2.34. The van der Waals surface area contributed by atoms with E-state index in [1.54, 1.807) is 16.2 Å². The highest BCUT2D eigenvalue weighted by atomic mass is 32.1. The quantitative estimate of drug-likeness (QED) is 0.513. The Morgan fingerprint density at radius 2 is 2.03 bits per heavy atom. The minimum atomic E-state index is -0.159. The van der Waals surface area contributed by atoms with Gasteiger partial charge in [-0.15, -0.1) is 11.3 Å². The number of hydrogen-bond donors (Lipinski definition) is 0. The largest absolute Gasteiger partial charge is 0.491 e. The molecule has 0 bridgehead atoms. The summed E-state index contributed by atoms with van der Waals surface area (Å²) in [6.07, 6.45) is 3.20. The molecule has 184 valence electrons. The summed E-state index contributed by atoms with van der Waals surface area (Å²) in [6.45, 7) is 8.53. The first-order chi connectivity index (χ1) is 16.5. The van der Waals surface area contributed by atoms with Crippen molar-refractivity contribution in [2.75, 3.05) is 32.8 Å². The molecule has 0 spiro atoms. The molecule has 2 aliphatic heterocycles. The predicted molar refractivity (Wildman–Crippen MR) is 134 cm³/mol. The Balaban J connectivity index is 1.46. The number of ether oxygens (including phenoxy) is 2. The number of fused-ring (bicyclic) bond motifs is 1. The lowest BCUT2D eigenvalue weighted by Gasteiger charge is -2.37. The second kappa shape index (κ2) is 11.4. The van der Waals surface area contributed by atoms with E-state index in [2.05, 4.69) is 37.4 Å². The lowest BCUT2D eigenvalue weighted by Crippen LogP contribution is -2.49. The smallest absolute Gasteiger partial charge is 0.242 e. The van der Waals surface area contributed by atoms with Gasteiger partial charge in [0.25, 0.3) is 0 Å². The molecule has 7 heteroatoms. The Labute approximate surface area is 206 Å². The number of benzene rings is 1. The third-order valence-corrected chi connectivity index (χ3v) is 7.80. The molecule has 6 nitrogen and oxygen atoms in total. The van der Waals surface area contributed by atoms with Gasteiger partial charge in [0.15, 0.2) is 0 Å². The molecule has 1 fully saturated rings. The maximum Gasteiger partial charge on any atom is 0.242 e.